The highest BCUT2D eigenvalue weighted by Gasteiger charge is 2.28. The molecule has 1 atom stereocenters. The molecule has 1 aromatic rings. The summed E-state index contributed by atoms with van der Waals surface area (Å²) in [5, 5.41) is 26.1. The van der Waals surface area contributed by atoms with Gasteiger partial charge in [0, 0.05) is 16.8 Å². The molecule has 2 aliphatic rings. The van der Waals surface area contributed by atoms with E-state index in [0.29, 0.717) is 16.8 Å². The molecule has 0 saturated heterocycles. The van der Waals surface area contributed by atoms with Gasteiger partial charge in [0.25, 0.3) is 0 Å². The Hall–Kier alpha value is -2.38. The van der Waals surface area contributed by atoms with E-state index >= 15 is 0 Å². The number of nitrogens with zero attached hydrogens (tertiary/aromatic N) is 4. The molecular formula is C21H29ClN6O. The fraction of sp³-hybridized carbons (Fsp3) is 0.476. The lowest BCUT2D eigenvalue weighted by Crippen LogP contribution is -2.27. The largest absolute Gasteiger partial charge is 0.394 e. The topological polar surface area (TPSA) is 87.9 Å². The molecule has 0 aromatic heterocycles. The van der Waals surface area contributed by atoms with Gasteiger partial charge in [-0.25, -0.2) is 0 Å². The third-order valence-corrected chi connectivity index (χ3v) is 5.10. The molecular weight excluding hydrogens is 388 g/mol. The molecule has 0 amide bonds. The van der Waals surface area contributed by atoms with Crippen LogP contribution >= 0.6 is 11.6 Å². The third kappa shape index (κ3) is 4.46. The zero-order valence-electron chi connectivity index (χ0n) is 17.6. The standard InChI is InChI=1S/C21H29ClN6O/c1-6-15(11-29)24-21-25-20(23-16-9-7-14(22)8-10-16)18-19(28(21)13(4)5)17(12(2)3)26-27-18/h7-10,12-13,15,23,29H,6,11H2,1-5H3,(H,24,25). The number of rotatable bonds is 8. The molecule has 3 N–H and O–H groups in total. The van der Waals surface area contributed by atoms with E-state index in [0.717, 1.165) is 29.2 Å². The Kier molecular flexibility index (Phi) is 6.59. The highest BCUT2D eigenvalue weighted by atomic mass is 35.5. The van der Waals surface area contributed by atoms with E-state index < -0.39 is 0 Å². The highest BCUT2D eigenvalue weighted by molar-refractivity contribution is 6.30. The third-order valence-electron chi connectivity index (χ3n) is 4.85. The van der Waals surface area contributed by atoms with Crippen molar-refractivity contribution in [3.63, 3.8) is 0 Å². The first-order valence-corrected chi connectivity index (χ1v) is 10.4. The Morgan fingerprint density at radius 2 is 1.79 bits per heavy atom. The van der Waals surface area contributed by atoms with Gasteiger partial charge in [-0.05, 0) is 50.5 Å². The average molecular weight is 417 g/mol. The number of aliphatic hydroxyl groups is 1. The Bertz CT molecular complexity index is 918. The van der Waals surface area contributed by atoms with E-state index in [1.165, 1.54) is 0 Å². The quantitative estimate of drug-likeness (QED) is 0.475. The van der Waals surface area contributed by atoms with Crippen molar-refractivity contribution in [3.05, 3.63) is 35.0 Å². The maximum absolute atomic E-state index is 9.71. The van der Waals surface area contributed by atoms with Gasteiger partial charge in [-0.15, -0.1) is 5.10 Å². The summed E-state index contributed by atoms with van der Waals surface area (Å²) in [5.74, 6) is 1.51. The van der Waals surface area contributed by atoms with E-state index in [4.69, 9.17) is 16.6 Å². The number of halogens is 1. The number of aromatic nitrogens is 4. The first-order chi connectivity index (χ1) is 13.8. The van der Waals surface area contributed by atoms with Crippen molar-refractivity contribution >= 4 is 29.1 Å². The lowest BCUT2D eigenvalue weighted by molar-refractivity contribution is 0.271. The molecule has 7 nitrogen and oxygen atoms in total. The van der Waals surface area contributed by atoms with Crippen LogP contribution in [0.15, 0.2) is 24.3 Å². The summed E-state index contributed by atoms with van der Waals surface area (Å²) in [4.78, 5) is 4.84. The maximum atomic E-state index is 9.71. The zero-order valence-corrected chi connectivity index (χ0v) is 18.3. The molecule has 0 radical (unpaired) electrons. The van der Waals surface area contributed by atoms with Crippen molar-refractivity contribution in [3.8, 4) is 11.4 Å². The SMILES string of the molecule is CCC(CO)Nc1nc(Nc2ccc(Cl)cc2)c2nnc(C(C)C)c-2n1C(C)C. The zero-order chi connectivity index (χ0) is 21.1. The van der Waals surface area contributed by atoms with Crippen LogP contribution in [0.25, 0.3) is 11.4 Å². The molecule has 8 heteroatoms. The second kappa shape index (κ2) is 8.97. The fourth-order valence-electron chi connectivity index (χ4n) is 3.25. The van der Waals surface area contributed by atoms with Gasteiger partial charge < -0.3 is 20.3 Å². The van der Waals surface area contributed by atoms with Crippen LogP contribution in [-0.2, 0) is 0 Å². The summed E-state index contributed by atoms with van der Waals surface area (Å²) >= 11 is 6.02. The van der Waals surface area contributed by atoms with Crippen molar-refractivity contribution in [2.75, 3.05) is 17.2 Å². The van der Waals surface area contributed by atoms with Gasteiger partial charge in [0.15, 0.2) is 11.5 Å². The molecule has 1 aromatic carbocycles. The van der Waals surface area contributed by atoms with E-state index in [1.54, 1.807) is 0 Å². The van der Waals surface area contributed by atoms with Crippen LogP contribution in [-0.4, -0.2) is 37.5 Å². The van der Waals surface area contributed by atoms with Crippen molar-refractivity contribution in [1.29, 1.82) is 0 Å². The number of aliphatic hydroxyl groups excluding tert-OH is 1. The van der Waals surface area contributed by atoms with Crippen molar-refractivity contribution in [1.82, 2.24) is 19.7 Å². The van der Waals surface area contributed by atoms with Crippen molar-refractivity contribution < 1.29 is 5.11 Å². The number of hydrogen-bond donors (Lipinski definition) is 3. The van der Waals surface area contributed by atoms with Crippen LogP contribution < -0.4 is 10.6 Å². The summed E-state index contributed by atoms with van der Waals surface area (Å²) in [7, 11) is 0. The predicted octanol–water partition coefficient (Wildman–Crippen LogP) is 5.06. The van der Waals surface area contributed by atoms with Gasteiger partial charge in [0.2, 0.25) is 5.95 Å². The van der Waals surface area contributed by atoms with Crippen molar-refractivity contribution in [2.45, 2.75) is 59.0 Å². The normalized spacial score (nSPS) is 12.7. The monoisotopic (exact) mass is 416 g/mol. The molecule has 0 spiro atoms. The number of benzene rings is 1. The Morgan fingerprint density at radius 1 is 1.10 bits per heavy atom. The van der Waals surface area contributed by atoms with Gasteiger partial charge in [0.1, 0.15) is 0 Å². The van der Waals surface area contributed by atoms with Gasteiger partial charge in [-0.3, -0.25) is 0 Å². The van der Waals surface area contributed by atoms with Crippen LogP contribution in [0.4, 0.5) is 17.5 Å². The first-order valence-electron chi connectivity index (χ1n) is 10.0. The molecule has 1 unspecified atom stereocenters. The van der Waals surface area contributed by atoms with Crippen LogP contribution in [0.1, 0.15) is 58.7 Å². The molecule has 0 aliphatic carbocycles. The Balaban J connectivity index is 2.18. The molecule has 3 rings (SSSR count). The van der Waals surface area contributed by atoms with Crippen LogP contribution in [0.3, 0.4) is 0 Å². The smallest absolute Gasteiger partial charge is 0.205 e. The van der Waals surface area contributed by atoms with Crippen molar-refractivity contribution in [2.24, 2.45) is 0 Å². The lowest BCUT2D eigenvalue weighted by Gasteiger charge is -2.26. The Morgan fingerprint density at radius 3 is 2.34 bits per heavy atom. The molecule has 2 aliphatic heterocycles. The van der Waals surface area contributed by atoms with Crippen LogP contribution in [0.2, 0.25) is 5.02 Å². The molecule has 0 bridgehead atoms. The van der Waals surface area contributed by atoms with E-state index in [9.17, 15) is 5.11 Å². The predicted molar refractivity (Wildman–Crippen MR) is 118 cm³/mol. The molecule has 0 saturated carbocycles. The van der Waals surface area contributed by atoms with E-state index in [1.807, 2.05) is 31.2 Å². The maximum Gasteiger partial charge on any atom is 0.205 e. The van der Waals surface area contributed by atoms with Crippen LogP contribution in [0, 0.1) is 0 Å². The second-order valence-corrected chi connectivity index (χ2v) is 8.19. The van der Waals surface area contributed by atoms with Crippen LogP contribution in [0.5, 0.6) is 0 Å². The summed E-state index contributed by atoms with van der Waals surface area (Å²) < 4.78 is 2.12. The summed E-state index contributed by atoms with van der Waals surface area (Å²) in [6.45, 7) is 10.5. The summed E-state index contributed by atoms with van der Waals surface area (Å²) in [6.07, 6.45) is 0.781. The number of anilines is 3. The summed E-state index contributed by atoms with van der Waals surface area (Å²) in [6, 6.07) is 7.49. The van der Waals surface area contributed by atoms with E-state index in [2.05, 4.69) is 53.1 Å². The number of nitrogens with one attached hydrogen (secondary N) is 2. The average Bonchev–Trinajstić information content (AvgIpc) is 3.12. The van der Waals surface area contributed by atoms with Gasteiger partial charge in [-0.2, -0.15) is 10.1 Å². The van der Waals surface area contributed by atoms with Gasteiger partial charge in [-0.1, -0.05) is 32.4 Å². The minimum Gasteiger partial charge on any atom is -0.394 e. The summed E-state index contributed by atoms with van der Waals surface area (Å²) in [5.41, 5.74) is 3.46. The van der Waals surface area contributed by atoms with Gasteiger partial charge >= 0.3 is 0 Å². The first kappa shape index (κ1) is 21.3. The Labute approximate surface area is 176 Å². The number of hydrogen-bond acceptors (Lipinski definition) is 6. The molecule has 156 valence electrons. The van der Waals surface area contributed by atoms with E-state index in [-0.39, 0.29) is 24.6 Å². The van der Waals surface area contributed by atoms with Gasteiger partial charge in [0.05, 0.1) is 24.0 Å². The molecule has 2 heterocycles. The fourth-order valence-corrected chi connectivity index (χ4v) is 3.37. The molecule has 0 fully saturated rings. The number of fused-ring (bicyclic) bond motifs is 1. The lowest BCUT2D eigenvalue weighted by atomic mass is 10.1. The highest BCUT2D eigenvalue weighted by Crippen LogP contribution is 2.38. The second-order valence-electron chi connectivity index (χ2n) is 7.75. The minimum atomic E-state index is -0.0910. The molecule has 29 heavy (non-hydrogen) atoms. The minimum absolute atomic E-state index is 0.0306.